The summed E-state index contributed by atoms with van der Waals surface area (Å²) in [6, 6.07) is 0.313. The lowest BCUT2D eigenvalue weighted by molar-refractivity contribution is 0.209. The van der Waals surface area contributed by atoms with Crippen molar-refractivity contribution in [3.8, 4) is 0 Å². The first-order valence-corrected chi connectivity index (χ1v) is 7.69. The molecule has 0 spiro atoms. The van der Waals surface area contributed by atoms with Gasteiger partial charge in [0.25, 0.3) is 0 Å². The van der Waals surface area contributed by atoms with Gasteiger partial charge in [-0.3, -0.25) is 4.99 Å². The summed E-state index contributed by atoms with van der Waals surface area (Å²) in [4.78, 5) is 4.21. The van der Waals surface area contributed by atoms with Crippen LogP contribution in [0.25, 0.3) is 0 Å². The van der Waals surface area contributed by atoms with E-state index >= 15 is 0 Å². The van der Waals surface area contributed by atoms with Crippen molar-refractivity contribution < 1.29 is 8.42 Å². The zero-order valence-corrected chi connectivity index (χ0v) is 11.5. The minimum Gasteiger partial charge on any atom is -0.370 e. The van der Waals surface area contributed by atoms with Crippen LogP contribution in [0, 0.1) is 5.92 Å². The largest absolute Gasteiger partial charge is 0.370 e. The van der Waals surface area contributed by atoms with Crippen LogP contribution in [0.5, 0.6) is 0 Å². The van der Waals surface area contributed by atoms with E-state index in [0.717, 1.165) is 6.42 Å². The van der Waals surface area contributed by atoms with Crippen molar-refractivity contribution in [1.29, 1.82) is 0 Å². The number of guanidine groups is 1. The van der Waals surface area contributed by atoms with Gasteiger partial charge in [0.15, 0.2) is 5.96 Å². The zero-order chi connectivity index (χ0) is 13.1. The fourth-order valence-corrected chi connectivity index (χ4v) is 2.50. The molecule has 0 aromatic rings. The van der Waals surface area contributed by atoms with Gasteiger partial charge in [-0.05, 0) is 13.3 Å². The van der Waals surface area contributed by atoms with Gasteiger partial charge in [0, 0.05) is 31.6 Å². The summed E-state index contributed by atoms with van der Waals surface area (Å²) in [7, 11) is -3.02. The lowest BCUT2D eigenvalue weighted by Crippen LogP contribution is -2.51. The number of hydrogen-bond acceptors (Lipinski definition) is 3. The number of sulfonamides is 1. The third kappa shape index (κ3) is 4.51. The molecule has 1 fully saturated rings. The van der Waals surface area contributed by atoms with E-state index in [1.807, 2.05) is 6.92 Å². The summed E-state index contributed by atoms with van der Waals surface area (Å²) in [6.07, 6.45) is 2.22. The van der Waals surface area contributed by atoms with E-state index in [2.05, 4.69) is 17.2 Å². The van der Waals surface area contributed by atoms with Crippen LogP contribution in [0.4, 0.5) is 0 Å². The van der Waals surface area contributed by atoms with Gasteiger partial charge >= 0.3 is 0 Å². The van der Waals surface area contributed by atoms with E-state index in [4.69, 9.17) is 5.73 Å². The molecule has 0 aromatic carbocycles. The molecule has 17 heavy (non-hydrogen) atoms. The van der Waals surface area contributed by atoms with Crippen LogP contribution in [0.2, 0.25) is 0 Å². The summed E-state index contributed by atoms with van der Waals surface area (Å²) in [5.41, 5.74) is 5.70. The summed E-state index contributed by atoms with van der Waals surface area (Å²) in [6.45, 7) is 5.80. The summed E-state index contributed by atoms with van der Waals surface area (Å²) in [5.74, 6) is 0.735. The highest BCUT2D eigenvalue weighted by atomic mass is 32.2. The van der Waals surface area contributed by atoms with Crippen molar-refractivity contribution in [2.75, 3.05) is 25.9 Å². The van der Waals surface area contributed by atoms with E-state index in [0.29, 0.717) is 37.6 Å². The van der Waals surface area contributed by atoms with Crippen molar-refractivity contribution in [2.24, 2.45) is 16.6 Å². The first-order chi connectivity index (χ1) is 7.82. The van der Waals surface area contributed by atoms with Gasteiger partial charge in [-0.25, -0.2) is 12.7 Å². The maximum absolute atomic E-state index is 11.1. The van der Waals surface area contributed by atoms with Gasteiger partial charge in [0.1, 0.15) is 0 Å². The van der Waals surface area contributed by atoms with Gasteiger partial charge in [-0.15, -0.1) is 0 Å². The van der Waals surface area contributed by atoms with E-state index in [1.54, 1.807) is 0 Å². The van der Waals surface area contributed by atoms with Crippen LogP contribution >= 0.6 is 0 Å². The Morgan fingerprint density at radius 3 is 2.65 bits per heavy atom. The number of rotatable bonds is 5. The molecule has 1 aliphatic rings. The molecule has 0 bridgehead atoms. The molecule has 0 aliphatic carbocycles. The number of hydrogen-bond donors (Lipinski definition) is 2. The molecular formula is C10H22N4O2S. The molecule has 1 heterocycles. The van der Waals surface area contributed by atoms with Crippen LogP contribution in [0.1, 0.15) is 20.3 Å². The Hall–Kier alpha value is -0.820. The van der Waals surface area contributed by atoms with Gasteiger partial charge in [0.2, 0.25) is 10.0 Å². The van der Waals surface area contributed by atoms with Crippen molar-refractivity contribution in [2.45, 2.75) is 26.3 Å². The smallest absolute Gasteiger partial charge is 0.211 e. The monoisotopic (exact) mass is 262 g/mol. The van der Waals surface area contributed by atoms with Crippen molar-refractivity contribution in [3.05, 3.63) is 0 Å². The Balaban J connectivity index is 2.27. The first-order valence-electron chi connectivity index (χ1n) is 5.84. The van der Waals surface area contributed by atoms with E-state index < -0.39 is 10.0 Å². The normalized spacial score (nSPS) is 21.0. The Bertz CT molecular complexity index is 374. The summed E-state index contributed by atoms with van der Waals surface area (Å²) >= 11 is 0. The maximum atomic E-state index is 11.1. The molecule has 0 amide bonds. The highest BCUT2D eigenvalue weighted by Gasteiger charge is 2.32. The molecule has 3 N–H and O–H groups in total. The molecule has 0 radical (unpaired) electrons. The lowest BCUT2D eigenvalue weighted by atomic mass is 10.0. The predicted molar refractivity (Wildman–Crippen MR) is 69.3 cm³/mol. The van der Waals surface area contributed by atoms with Crippen molar-refractivity contribution >= 4 is 16.0 Å². The quantitative estimate of drug-likeness (QED) is 0.520. The molecule has 100 valence electrons. The molecule has 7 heteroatoms. The maximum Gasteiger partial charge on any atom is 0.211 e. The third-order valence-corrected chi connectivity index (χ3v) is 4.16. The van der Waals surface area contributed by atoms with E-state index in [1.165, 1.54) is 10.6 Å². The minimum absolute atomic E-state index is 0.294. The van der Waals surface area contributed by atoms with Gasteiger partial charge in [-0.1, -0.05) is 6.92 Å². The van der Waals surface area contributed by atoms with E-state index in [9.17, 15) is 8.42 Å². The SMILES string of the molecule is CCC(C)NC(N)=NCC1CN(S(C)(=O)=O)C1. The molecule has 0 aromatic heterocycles. The van der Waals surface area contributed by atoms with Crippen LogP contribution < -0.4 is 11.1 Å². The fourth-order valence-electron chi connectivity index (χ4n) is 1.54. The van der Waals surface area contributed by atoms with Crippen LogP contribution in [-0.4, -0.2) is 50.6 Å². The van der Waals surface area contributed by atoms with Crippen LogP contribution in [0.3, 0.4) is 0 Å². The number of nitrogens with one attached hydrogen (secondary N) is 1. The molecule has 0 saturated carbocycles. The Morgan fingerprint density at radius 1 is 1.59 bits per heavy atom. The van der Waals surface area contributed by atoms with Crippen molar-refractivity contribution in [3.63, 3.8) is 0 Å². The standard InChI is InChI=1S/C10H22N4O2S/c1-4-8(2)13-10(11)12-5-9-6-14(7-9)17(3,15)16/h8-9H,4-7H2,1-3H3,(H3,11,12,13). The second-order valence-corrected chi connectivity index (χ2v) is 6.61. The summed E-state index contributed by atoms with van der Waals surface area (Å²) in [5, 5.41) is 3.07. The molecular weight excluding hydrogens is 240 g/mol. The molecule has 1 atom stereocenters. The average molecular weight is 262 g/mol. The second-order valence-electron chi connectivity index (χ2n) is 4.63. The minimum atomic E-state index is -3.02. The second kappa shape index (κ2) is 5.68. The van der Waals surface area contributed by atoms with Gasteiger partial charge in [-0.2, -0.15) is 0 Å². The topological polar surface area (TPSA) is 87.8 Å². The highest BCUT2D eigenvalue weighted by molar-refractivity contribution is 7.88. The van der Waals surface area contributed by atoms with Crippen molar-refractivity contribution in [1.82, 2.24) is 9.62 Å². The third-order valence-electron chi connectivity index (χ3n) is 2.92. The fraction of sp³-hybridized carbons (Fsp3) is 0.900. The Morgan fingerprint density at radius 2 is 2.18 bits per heavy atom. The lowest BCUT2D eigenvalue weighted by Gasteiger charge is -2.36. The van der Waals surface area contributed by atoms with Gasteiger partial charge < -0.3 is 11.1 Å². The number of aliphatic imine (C=N–C) groups is 1. The molecule has 1 unspecified atom stereocenters. The Kier molecular flexibility index (Phi) is 4.76. The molecule has 6 nitrogen and oxygen atoms in total. The zero-order valence-electron chi connectivity index (χ0n) is 10.7. The highest BCUT2D eigenvalue weighted by Crippen LogP contribution is 2.18. The first kappa shape index (κ1) is 14.2. The summed E-state index contributed by atoms with van der Waals surface area (Å²) < 4.78 is 23.7. The molecule has 1 aliphatic heterocycles. The van der Waals surface area contributed by atoms with Crippen LogP contribution in [0.15, 0.2) is 4.99 Å². The average Bonchev–Trinajstić information content (AvgIpc) is 2.12. The molecule has 1 saturated heterocycles. The molecule has 1 rings (SSSR count). The Labute approximate surface area is 103 Å². The van der Waals surface area contributed by atoms with Crippen LogP contribution in [-0.2, 0) is 10.0 Å². The van der Waals surface area contributed by atoms with Gasteiger partial charge in [0.05, 0.1) is 6.26 Å². The predicted octanol–water partition coefficient (Wildman–Crippen LogP) is -0.419. The number of nitrogens with two attached hydrogens (primary N) is 1. The number of nitrogens with zero attached hydrogens (tertiary/aromatic N) is 2. The van der Waals surface area contributed by atoms with E-state index in [-0.39, 0.29) is 0 Å².